The van der Waals surface area contributed by atoms with Gasteiger partial charge in [-0.3, -0.25) is 0 Å². The Hall–Kier alpha value is -2.95. The Balaban J connectivity index is 1.91. The summed E-state index contributed by atoms with van der Waals surface area (Å²) < 4.78 is 10.6. The van der Waals surface area contributed by atoms with Crippen LogP contribution < -0.4 is 9.47 Å². The van der Waals surface area contributed by atoms with Gasteiger partial charge < -0.3 is 9.47 Å². The molecule has 0 aliphatic carbocycles. The molecule has 0 fully saturated rings. The third-order valence-corrected chi connectivity index (χ3v) is 4.96. The number of methoxy groups -OCH3 is 2. The SMILES string of the molecule is CCCCCCCc1nnc(-c2ccc(OC)cc2)c(-c2ccc(OC)cc2)n1. The molecule has 0 N–H and O–H groups in total. The number of hydrogen-bond donors (Lipinski definition) is 0. The van der Waals surface area contributed by atoms with Crippen LogP contribution in [0.4, 0.5) is 0 Å². The number of nitrogens with zero attached hydrogens (tertiary/aromatic N) is 3. The molecule has 0 radical (unpaired) electrons. The van der Waals surface area contributed by atoms with Gasteiger partial charge in [-0.05, 0) is 55.0 Å². The summed E-state index contributed by atoms with van der Waals surface area (Å²) in [6.45, 7) is 2.23. The largest absolute Gasteiger partial charge is 0.497 e. The van der Waals surface area contributed by atoms with Crippen LogP contribution in [0.3, 0.4) is 0 Å². The summed E-state index contributed by atoms with van der Waals surface area (Å²) in [6, 6.07) is 15.7. The van der Waals surface area contributed by atoms with E-state index in [1.165, 1.54) is 25.7 Å². The van der Waals surface area contributed by atoms with Crippen molar-refractivity contribution in [2.45, 2.75) is 45.4 Å². The molecule has 1 aromatic heterocycles. The van der Waals surface area contributed by atoms with E-state index in [1.54, 1.807) is 14.2 Å². The number of benzene rings is 2. The van der Waals surface area contributed by atoms with Gasteiger partial charge in [-0.1, -0.05) is 32.6 Å². The lowest BCUT2D eigenvalue weighted by Gasteiger charge is -2.11. The molecule has 0 saturated heterocycles. The topological polar surface area (TPSA) is 57.1 Å². The van der Waals surface area contributed by atoms with Crippen LogP contribution in [-0.2, 0) is 6.42 Å². The summed E-state index contributed by atoms with van der Waals surface area (Å²) in [4.78, 5) is 4.89. The van der Waals surface area contributed by atoms with Crippen molar-refractivity contribution in [3.8, 4) is 34.0 Å². The molecule has 0 bridgehead atoms. The van der Waals surface area contributed by atoms with Gasteiger partial charge in [0.15, 0.2) is 5.82 Å². The number of hydrogen-bond acceptors (Lipinski definition) is 5. The smallest absolute Gasteiger partial charge is 0.151 e. The Bertz CT molecular complexity index is 893. The zero-order valence-corrected chi connectivity index (χ0v) is 17.5. The van der Waals surface area contributed by atoms with Crippen LogP contribution in [0.2, 0.25) is 0 Å². The van der Waals surface area contributed by atoms with E-state index in [0.29, 0.717) is 0 Å². The molecule has 152 valence electrons. The van der Waals surface area contributed by atoms with Gasteiger partial charge in [0.05, 0.1) is 14.2 Å². The Morgan fingerprint density at radius 2 is 1.21 bits per heavy atom. The van der Waals surface area contributed by atoms with Crippen LogP contribution in [-0.4, -0.2) is 29.4 Å². The lowest BCUT2D eigenvalue weighted by atomic mass is 10.0. The maximum atomic E-state index is 5.29. The molecule has 0 spiro atoms. The molecular weight excluding hydrogens is 362 g/mol. The minimum absolute atomic E-state index is 0.771. The van der Waals surface area contributed by atoms with Gasteiger partial charge in [0, 0.05) is 17.5 Å². The summed E-state index contributed by atoms with van der Waals surface area (Å²) in [5.74, 6) is 2.42. The minimum atomic E-state index is 0.771. The van der Waals surface area contributed by atoms with Crippen LogP contribution in [0.1, 0.15) is 44.9 Å². The molecule has 0 atom stereocenters. The normalized spacial score (nSPS) is 10.7. The van der Waals surface area contributed by atoms with Crippen molar-refractivity contribution < 1.29 is 9.47 Å². The van der Waals surface area contributed by atoms with Crippen LogP contribution in [0, 0.1) is 0 Å². The van der Waals surface area contributed by atoms with Crippen LogP contribution in [0.25, 0.3) is 22.5 Å². The third-order valence-electron chi connectivity index (χ3n) is 4.96. The molecule has 3 aromatic rings. The molecule has 1 heterocycles. The Morgan fingerprint density at radius 3 is 1.76 bits per heavy atom. The molecule has 0 amide bonds. The molecule has 0 aliphatic heterocycles. The van der Waals surface area contributed by atoms with E-state index >= 15 is 0 Å². The standard InChI is InChI=1S/C24H29N3O2/c1-4-5-6-7-8-9-22-25-23(18-10-14-20(28-2)15-11-18)24(27-26-22)19-12-16-21(29-3)17-13-19/h10-17H,4-9H2,1-3H3. The van der Waals surface area contributed by atoms with E-state index in [-0.39, 0.29) is 0 Å². The predicted octanol–water partition coefficient (Wildman–Crippen LogP) is 5.74. The molecule has 0 unspecified atom stereocenters. The second kappa shape index (κ2) is 10.6. The molecule has 5 heteroatoms. The zero-order chi connectivity index (χ0) is 20.5. The van der Waals surface area contributed by atoms with E-state index in [1.807, 2.05) is 48.5 Å². The first-order valence-corrected chi connectivity index (χ1v) is 10.3. The van der Waals surface area contributed by atoms with Crippen molar-refractivity contribution in [1.29, 1.82) is 0 Å². The van der Waals surface area contributed by atoms with Gasteiger partial charge in [0.1, 0.15) is 22.9 Å². The van der Waals surface area contributed by atoms with E-state index in [4.69, 9.17) is 14.5 Å². The first-order valence-electron chi connectivity index (χ1n) is 10.3. The van der Waals surface area contributed by atoms with Crippen molar-refractivity contribution in [3.05, 3.63) is 54.4 Å². The second-order valence-electron chi connectivity index (χ2n) is 7.05. The molecule has 0 saturated carbocycles. The molecule has 0 aliphatic rings. The van der Waals surface area contributed by atoms with Crippen molar-refractivity contribution in [1.82, 2.24) is 15.2 Å². The monoisotopic (exact) mass is 391 g/mol. The summed E-state index contributed by atoms with van der Waals surface area (Å²) in [5.41, 5.74) is 3.58. The lowest BCUT2D eigenvalue weighted by molar-refractivity contribution is 0.414. The van der Waals surface area contributed by atoms with Crippen LogP contribution >= 0.6 is 0 Å². The van der Waals surface area contributed by atoms with Crippen molar-refractivity contribution in [2.75, 3.05) is 14.2 Å². The summed E-state index contributed by atoms with van der Waals surface area (Å²) in [7, 11) is 3.33. The first kappa shape index (κ1) is 20.8. The number of unbranched alkanes of at least 4 members (excludes halogenated alkanes) is 4. The van der Waals surface area contributed by atoms with Gasteiger partial charge in [0.25, 0.3) is 0 Å². The highest BCUT2D eigenvalue weighted by molar-refractivity contribution is 5.77. The van der Waals surface area contributed by atoms with Crippen molar-refractivity contribution in [2.24, 2.45) is 0 Å². The molecule has 2 aromatic carbocycles. The van der Waals surface area contributed by atoms with Crippen molar-refractivity contribution in [3.63, 3.8) is 0 Å². The van der Waals surface area contributed by atoms with E-state index < -0.39 is 0 Å². The minimum Gasteiger partial charge on any atom is -0.497 e. The van der Waals surface area contributed by atoms with Gasteiger partial charge >= 0.3 is 0 Å². The maximum Gasteiger partial charge on any atom is 0.151 e. The quantitative estimate of drug-likeness (QED) is 0.413. The molecular formula is C24H29N3O2. The number of ether oxygens (including phenoxy) is 2. The van der Waals surface area contributed by atoms with Gasteiger partial charge in [-0.2, -0.15) is 0 Å². The summed E-state index contributed by atoms with van der Waals surface area (Å²) in [6.07, 6.45) is 6.94. The fourth-order valence-electron chi connectivity index (χ4n) is 3.25. The van der Waals surface area contributed by atoms with Gasteiger partial charge in [0.2, 0.25) is 0 Å². The van der Waals surface area contributed by atoms with Crippen molar-refractivity contribution >= 4 is 0 Å². The number of aryl methyl sites for hydroxylation is 1. The molecule has 3 rings (SSSR count). The highest BCUT2D eigenvalue weighted by Gasteiger charge is 2.14. The fraction of sp³-hybridized carbons (Fsp3) is 0.375. The van der Waals surface area contributed by atoms with E-state index in [9.17, 15) is 0 Å². The zero-order valence-electron chi connectivity index (χ0n) is 17.5. The molecule has 29 heavy (non-hydrogen) atoms. The van der Waals surface area contributed by atoms with Gasteiger partial charge in [-0.25, -0.2) is 4.98 Å². The average molecular weight is 392 g/mol. The maximum absolute atomic E-state index is 5.29. The lowest BCUT2D eigenvalue weighted by Crippen LogP contribution is -2.03. The summed E-state index contributed by atoms with van der Waals surface area (Å²) in [5, 5.41) is 8.97. The second-order valence-corrected chi connectivity index (χ2v) is 7.05. The van der Waals surface area contributed by atoms with E-state index in [2.05, 4.69) is 17.1 Å². The van der Waals surface area contributed by atoms with E-state index in [0.717, 1.165) is 52.7 Å². The predicted molar refractivity (Wildman–Crippen MR) is 116 cm³/mol. The Morgan fingerprint density at radius 1 is 0.655 bits per heavy atom. The third kappa shape index (κ3) is 5.53. The molecule has 5 nitrogen and oxygen atoms in total. The fourth-order valence-corrected chi connectivity index (χ4v) is 3.25. The first-order chi connectivity index (χ1) is 14.2. The Kier molecular flexibility index (Phi) is 7.56. The van der Waals surface area contributed by atoms with Crippen LogP contribution in [0.5, 0.6) is 11.5 Å². The van der Waals surface area contributed by atoms with Gasteiger partial charge in [-0.15, -0.1) is 10.2 Å². The number of rotatable bonds is 10. The number of aromatic nitrogens is 3. The summed E-state index contributed by atoms with van der Waals surface area (Å²) >= 11 is 0. The highest BCUT2D eigenvalue weighted by atomic mass is 16.5. The Labute approximate surface area is 173 Å². The van der Waals surface area contributed by atoms with Crippen LogP contribution in [0.15, 0.2) is 48.5 Å². The average Bonchev–Trinajstić information content (AvgIpc) is 2.79. The highest BCUT2D eigenvalue weighted by Crippen LogP contribution is 2.30.